The normalized spacial score (nSPS) is 14.4. The monoisotopic (exact) mass is 415 g/mol. The summed E-state index contributed by atoms with van der Waals surface area (Å²) in [5.41, 5.74) is 0.707. The van der Waals surface area contributed by atoms with Crippen molar-refractivity contribution in [3.63, 3.8) is 0 Å². The Labute approximate surface area is 176 Å². The number of pyridine rings is 1. The number of hydrogen-bond donors (Lipinski definition) is 0. The minimum Gasteiger partial charge on any atom is -0.443 e. The van der Waals surface area contributed by atoms with Gasteiger partial charge in [0.1, 0.15) is 16.9 Å². The first-order chi connectivity index (χ1) is 13.8. The average Bonchev–Trinajstić information content (AvgIpc) is 3.31. The van der Waals surface area contributed by atoms with Crippen LogP contribution >= 0.6 is 0 Å². The molecule has 1 saturated carbocycles. The van der Waals surface area contributed by atoms with Crippen molar-refractivity contribution in [1.29, 1.82) is 0 Å². The molecule has 0 bridgehead atoms. The van der Waals surface area contributed by atoms with E-state index in [1.54, 1.807) is 60.7 Å². The lowest BCUT2D eigenvalue weighted by molar-refractivity contribution is 0.0430. The van der Waals surface area contributed by atoms with Crippen LogP contribution in [-0.2, 0) is 9.47 Å². The second kappa shape index (κ2) is 7.74. The number of anilines is 1. The number of imide groups is 1. The van der Waals surface area contributed by atoms with Crippen molar-refractivity contribution in [2.45, 2.75) is 78.4 Å². The number of amides is 2. The summed E-state index contributed by atoms with van der Waals surface area (Å²) in [5, 5.41) is 4.11. The number of aryl methyl sites for hydroxylation is 1. The fraction of sp³-hybridized carbons (Fsp3) is 0.545. The predicted molar refractivity (Wildman–Crippen MR) is 111 cm³/mol. The molecule has 2 heterocycles. The molecule has 2 aromatic heterocycles. The van der Waals surface area contributed by atoms with Gasteiger partial charge in [0, 0.05) is 18.2 Å². The Balaban J connectivity index is 2.00. The van der Waals surface area contributed by atoms with Crippen LogP contribution in [0.5, 0.6) is 0 Å². The Morgan fingerprint density at radius 2 is 1.60 bits per heavy atom. The van der Waals surface area contributed by atoms with Crippen molar-refractivity contribution >= 4 is 17.9 Å². The zero-order valence-corrected chi connectivity index (χ0v) is 18.6. The third-order valence-corrected chi connectivity index (χ3v) is 4.24. The van der Waals surface area contributed by atoms with Crippen molar-refractivity contribution in [1.82, 2.24) is 10.1 Å². The number of rotatable bonds is 3. The zero-order valence-electron chi connectivity index (χ0n) is 18.6. The van der Waals surface area contributed by atoms with Gasteiger partial charge in [-0.05, 0) is 72.9 Å². The molecular weight excluding hydrogens is 386 g/mol. The lowest BCUT2D eigenvalue weighted by atomic mass is 10.1. The van der Waals surface area contributed by atoms with Gasteiger partial charge >= 0.3 is 12.2 Å². The molecule has 30 heavy (non-hydrogen) atoms. The topological polar surface area (TPSA) is 94.8 Å². The van der Waals surface area contributed by atoms with Gasteiger partial charge in [0.25, 0.3) is 0 Å². The zero-order chi connectivity index (χ0) is 22.3. The van der Waals surface area contributed by atoms with Gasteiger partial charge in [0.05, 0.1) is 11.4 Å². The van der Waals surface area contributed by atoms with E-state index in [0.29, 0.717) is 28.6 Å². The second-order valence-electron chi connectivity index (χ2n) is 9.54. The van der Waals surface area contributed by atoms with Crippen LogP contribution in [0, 0.1) is 6.92 Å². The number of hydrogen-bond acceptors (Lipinski definition) is 7. The van der Waals surface area contributed by atoms with E-state index in [4.69, 9.17) is 14.0 Å². The summed E-state index contributed by atoms with van der Waals surface area (Å²) >= 11 is 0. The quantitative estimate of drug-likeness (QED) is 0.644. The highest BCUT2D eigenvalue weighted by Gasteiger charge is 2.34. The Bertz CT molecular complexity index is 920. The summed E-state index contributed by atoms with van der Waals surface area (Å²) in [6, 6.07) is 3.46. The van der Waals surface area contributed by atoms with Crippen molar-refractivity contribution in [3.05, 3.63) is 29.6 Å². The highest BCUT2D eigenvalue weighted by atomic mass is 16.6. The Kier molecular flexibility index (Phi) is 5.62. The molecule has 8 heteroatoms. The number of carbonyl (C=O) groups excluding carboxylic acids is 2. The summed E-state index contributed by atoms with van der Waals surface area (Å²) in [7, 11) is 0. The molecule has 1 aliphatic rings. The minimum atomic E-state index is -0.826. The third kappa shape index (κ3) is 5.37. The molecule has 0 N–H and O–H groups in total. The molecule has 0 saturated heterocycles. The molecular formula is C22H29N3O5. The van der Waals surface area contributed by atoms with Crippen LogP contribution < -0.4 is 4.90 Å². The minimum absolute atomic E-state index is 0.313. The van der Waals surface area contributed by atoms with Crippen LogP contribution in [0.2, 0.25) is 0 Å². The third-order valence-electron chi connectivity index (χ3n) is 4.24. The summed E-state index contributed by atoms with van der Waals surface area (Å²) in [4.78, 5) is 31.2. The van der Waals surface area contributed by atoms with E-state index < -0.39 is 23.4 Å². The molecule has 0 atom stereocenters. The largest absolute Gasteiger partial charge is 0.443 e. The van der Waals surface area contributed by atoms with Gasteiger partial charge in [-0.3, -0.25) is 4.98 Å². The van der Waals surface area contributed by atoms with E-state index >= 15 is 0 Å². The highest BCUT2D eigenvalue weighted by Crippen LogP contribution is 2.40. The highest BCUT2D eigenvalue weighted by molar-refractivity contribution is 6.10. The summed E-state index contributed by atoms with van der Waals surface area (Å²) < 4.78 is 16.4. The molecule has 0 unspecified atom stereocenters. The average molecular weight is 415 g/mol. The Morgan fingerprint density at radius 1 is 1.03 bits per heavy atom. The van der Waals surface area contributed by atoms with E-state index in [-0.39, 0.29) is 0 Å². The molecule has 1 aliphatic carbocycles. The number of ether oxygens (including phenoxy) is 2. The molecule has 3 rings (SSSR count). The summed E-state index contributed by atoms with van der Waals surface area (Å²) in [6.07, 6.45) is 2.13. The van der Waals surface area contributed by atoms with E-state index in [9.17, 15) is 9.59 Å². The van der Waals surface area contributed by atoms with Crippen LogP contribution in [0.25, 0.3) is 11.5 Å². The van der Waals surface area contributed by atoms with Gasteiger partial charge in [0.15, 0.2) is 5.76 Å². The fourth-order valence-electron chi connectivity index (χ4n) is 2.76. The van der Waals surface area contributed by atoms with Gasteiger partial charge in [0.2, 0.25) is 0 Å². The van der Waals surface area contributed by atoms with E-state index in [0.717, 1.165) is 23.4 Å². The van der Waals surface area contributed by atoms with E-state index in [1.165, 1.54) is 0 Å². The first kappa shape index (κ1) is 21.8. The van der Waals surface area contributed by atoms with Gasteiger partial charge in [-0.2, -0.15) is 4.90 Å². The van der Waals surface area contributed by atoms with Crippen molar-refractivity contribution in [2.24, 2.45) is 0 Å². The smallest absolute Gasteiger partial charge is 0.424 e. The Hall–Kier alpha value is -2.90. The van der Waals surface area contributed by atoms with Crippen molar-refractivity contribution in [3.8, 4) is 11.5 Å². The van der Waals surface area contributed by atoms with E-state index in [2.05, 4.69) is 10.1 Å². The van der Waals surface area contributed by atoms with Crippen LogP contribution in [0.1, 0.15) is 71.6 Å². The summed E-state index contributed by atoms with van der Waals surface area (Å²) in [6.45, 7) is 12.2. The van der Waals surface area contributed by atoms with Crippen LogP contribution in [-0.4, -0.2) is 33.5 Å². The predicted octanol–water partition coefficient (Wildman–Crippen LogP) is 5.60. The molecule has 0 radical (unpaired) electrons. The van der Waals surface area contributed by atoms with Crippen molar-refractivity contribution < 1.29 is 23.6 Å². The first-order valence-electron chi connectivity index (χ1n) is 10.0. The molecule has 162 valence electrons. The van der Waals surface area contributed by atoms with Crippen LogP contribution in [0.3, 0.4) is 0 Å². The maximum Gasteiger partial charge on any atom is 0.424 e. The SMILES string of the molecule is Cc1cnc(-c2cc(C3CC3)no2)cc1N(C(=O)OC(C)(C)C)C(=O)OC(C)(C)C. The molecule has 1 fully saturated rings. The van der Waals surface area contributed by atoms with Crippen LogP contribution in [0.4, 0.5) is 15.3 Å². The van der Waals surface area contributed by atoms with Gasteiger partial charge < -0.3 is 14.0 Å². The number of carbonyl (C=O) groups is 2. The summed E-state index contributed by atoms with van der Waals surface area (Å²) in [5.74, 6) is 0.916. The standard InChI is InChI=1S/C22H29N3O5/c1-13-12-23-16(18-11-15(24-30-18)14-8-9-14)10-17(13)25(19(26)28-21(2,3)4)20(27)29-22(5,6)7/h10-12,14H,8-9H2,1-7H3. The maximum absolute atomic E-state index is 12.9. The lowest BCUT2D eigenvalue weighted by Crippen LogP contribution is -2.44. The number of nitrogens with zero attached hydrogens (tertiary/aromatic N) is 3. The van der Waals surface area contributed by atoms with E-state index in [1.807, 2.05) is 6.07 Å². The van der Waals surface area contributed by atoms with Crippen molar-refractivity contribution in [2.75, 3.05) is 4.90 Å². The Morgan fingerprint density at radius 3 is 2.10 bits per heavy atom. The molecule has 2 amide bonds. The molecule has 0 aromatic carbocycles. The second-order valence-corrected chi connectivity index (χ2v) is 9.54. The van der Waals surface area contributed by atoms with Gasteiger partial charge in [-0.25, -0.2) is 9.59 Å². The lowest BCUT2D eigenvalue weighted by Gasteiger charge is -2.29. The fourth-order valence-corrected chi connectivity index (χ4v) is 2.76. The molecule has 2 aromatic rings. The molecule has 8 nitrogen and oxygen atoms in total. The molecule has 0 aliphatic heterocycles. The van der Waals surface area contributed by atoms with Gasteiger partial charge in [-0.15, -0.1) is 0 Å². The first-order valence-corrected chi connectivity index (χ1v) is 10.0. The van der Waals surface area contributed by atoms with Crippen LogP contribution in [0.15, 0.2) is 22.9 Å². The number of aromatic nitrogens is 2. The van der Waals surface area contributed by atoms with Gasteiger partial charge in [-0.1, -0.05) is 5.16 Å². The maximum atomic E-state index is 12.9. The molecule has 0 spiro atoms.